The van der Waals surface area contributed by atoms with Crippen molar-refractivity contribution < 1.29 is 4.79 Å². The van der Waals surface area contributed by atoms with Gasteiger partial charge in [0.1, 0.15) is 5.69 Å². The van der Waals surface area contributed by atoms with E-state index in [1.165, 1.54) is 17.1 Å². The molecule has 4 N–H and O–H groups in total. The Labute approximate surface area is 122 Å². The van der Waals surface area contributed by atoms with E-state index in [9.17, 15) is 4.79 Å². The van der Waals surface area contributed by atoms with E-state index in [4.69, 9.17) is 5.73 Å². The molecule has 0 bridgehead atoms. The number of aromatic amines is 1. The van der Waals surface area contributed by atoms with Crippen LogP contribution < -0.4 is 11.1 Å². The minimum absolute atomic E-state index is 0.185. The first-order valence-electron chi connectivity index (χ1n) is 6.79. The SMILES string of the molecule is Nc1ccc(C(=O)NCCc2c[nH]c3ccccc23)nc1. The molecule has 0 radical (unpaired) electrons. The summed E-state index contributed by atoms with van der Waals surface area (Å²) in [5.74, 6) is -0.185. The van der Waals surface area contributed by atoms with E-state index in [-0.39, 0.29) is 5.91 Å². The van der Waals surface area contributed by atoms with Gasteiger partial charge in [0.15, 0.2) is 0 Å². The largest absolute Gasteiger partial charge is 0.397 e. The van der Waals surface area contributed by atoms with Crippen LogP contribution in [0.15, 0.2) is 48.8 Å². The lowest BCUT2D eigenvalue weighted by atomic mass is 10.1. The Bertz CT molecular complexity index is 761. The summed E-state index contributed by atoms with van der Waals surface area (Å²) in [6, 6.07) is 11.4. The molecule has 0 atom stereocenters. The van der Waals surface area contributed by atoms with Crippen LogP contribution >= 0.6 is 0 Å². The maximum absolute atomic E-state index is 11.9. The number of nitrogens with one attached hydrogen (secondary N) is 2. The Kier molecular flexibility index (Phi) is 3.55. The molecule has 3 rings (SSSR count). The summed E-state index contributed by atoms with van der Waals surface area (Å²) in [7, 11) is 0. The van der Waals surface area contributed by atoms with Crippen LogP contribution in [0.3, 0.4) is 0 Å². The number of carbonyl (C=O) groups excluding carboxylic acids is 1. The highest BCUT2D eigenvalue weighted by atomic mass is 16.1. The lowest BCUT2D eigenvalue weighted by Crippen LogP contribution is -2.26. The first-order valence-corrected chi connectivity index (χ1v) is 6.79. The van der Waals surface area contributed by atoms with Crippen molar-refractivity contribution in [1.82, 2.24) is 15.3 Å². The van der Waals surface area contributed by atoms with Crippen molar-refractivity contribution in [2.45, 2.75) is 6.42 Å². The van der Waals surface area contributed by atoms with E-state index in [0.717, 1.165) is 11.9 Å². The van der Waals surface area contributed by atoms with Crippen LogP contribution in [0, 0.1) is 0 Å². The summed E-state index contributed by atoms with van der Waals surface area (Å²) in [6.45, 7) is 0.562. The second kappa shape index (κ2) is 5.66. The number of hydrogen-bond donors (Lipinski definition) is 3. The van der Waals surface area contributed by atoms with Crippen LogP contribution in [0.5, 0.6) is 0 Å². The van der Waals surface area contributed by atoms with Gasteiger partial charge in [0.25, 0.3) is 5.91 Å². The fraction of sp³-hybridized carbons (Fsp3) is 0.125. The molecule has 0 aliphatic heterocycles. The molecule has 0 aliphatic carbocycles. The Morgan fingerprint density at radius 3 is 2.90 bits per heavy atom. The standard InChI is InChI=1S/C16H16N4O/c17-12-5-6-15(20-10-12)16(21)18-8-7-11-9-19-14-4-2-1-3-13(11)14/h1-6,9-10,19H,7-8,17H2,(H,18,21). The molecule has 106 valence electrons. The van der Waals surface area contributed by atoms with Crippen molar-refractivity contribution >= 4 is 22.5 Å². The zero-order valence-electron chi connectivity index (χ0n) is 11.5. The van der Waals surface area contributed by atoms with Crippen molar-refractivity contribution in [1.29, 1.82) is 0 Å². The summed E-state index contributed by atoms with van der Waals surface area (Å²) < 4.78 is 0. The third-order valence-electron chi connectivity index (χ3n) is 3.37. The summed E-state index contributed by atoms with van der Waals surface area (Å²) in [5, 5.41) is 4.06. The summed E-state index contributed by atoms with van der Waals surface area (Å²) in [4.78, 5) is 19.2. The molecule has 0 fully saturated rings. The first-order chi connectivity index (χ1) is 10.2. The second-order valence-electron chi connectivity index (χ2n) is 4.84. The predicted molar refractivity (Wildman–Crippen MR) is 83.0 cm³/mol. The maximum atomic E-state index is 11.9. The number of aromatic nitrogens is 2. The molecule has 2 heterocycles. The highest BCUT2D eigenvalue weighted by molar-refractivity contribution is 5.92. The number of nitrogen functional groups attached to an aromatic ring is 1. The van der Waals surface area contributed by atoms with E-state index >= 15 is 0 Å². The van der Waals surface area contributed by atoms with Gasteiger partial charge in [0, 0.05) is 23.6 Å². The van der Waals surface area contributed by atoms with Gasteiger partial charge in [-0.1, -0.05) is 18.2 Å². The smallest absolute Gasteiger partial charge is 0.269 e. The molecule has 3 aromatic rings. The molecule has 5 heteroatoms. The van der Waals surface area contributed by atoms with Gasteiger partial charge >= 0.3 is 0 Å². The van der Waals surface area contributed by atoms with Crippen LogP contribution in [-0.2, 0) is 6.42 Å². The van der Waals surface area contributed by atoms with Crippen LogP contribution in [0.1, 0.15) is 16.1 Å². The molecule has 5 nitrogen and oxygen atoms in total. The highest BCUT2D eigenvalue weighted by Crippen LogP contribution is 2.17. The van der Waals surface area contributed by atoms with Crippen LogP contribution in [-0.4, -0.2) is 22.4 Å². The molecule has 0 saturated heterocycles. The Morgan fingerprint density at radius 2 is 2.10 bits per heavy atom. The predicted octanol–water partition coefficient (Wildman–Crippen LogP) is 2.12. The van der Waals surface area contributed by atoms with E-state index in [1.54, 1.807) is 12.1 Å². The Hall–Kier alpha value is -2.82. The molecular formula is C16H16N4O. The molecule has 0 aliphatic rings. The number of fused-ring (bicyclic) bond motifs is 1. The monoisotopic (exact) mass is 280 g/mol. The molecule has 1 amide bonds. The van der Waals surface area contributed by atoms with Crippen molar-refractivity contribution in [2.75, 3.05) is 12.3 Å². The van der Waals surface area contributed by atoms with Gasteiger partial charge in [-0.3, -0.25) is 4.79 Å². The molecular weight excluding hydrogens is 264 g/mol. The fourth-order valence-electron chi connectivity index (χ4n) is 2.28. The Balaban J connectivity index is 1.61. The Morgan fingerprint density at radius 1 is 1.24 bits per heavy atom. The van der Waals surface area contributed by atoms with Crippen molar-refractivity contribution in [3.8, 4) is 0 Å². The van der Waals surface area contributed by atoms with Crippen molar-refractivity contribution in [3.05, 3.63) is 60.0 Å². The number of para-hydroxylation sites is 1. The van der Waals surface area contributed by atoms with Gasteiger partial charge < -0.3 is 16.0 Å². The van der Waals surface area contributed by atoms with Gasteiger partial charge in [0.2, 0.25) is 0 Å². The van der Waals surface area contributed by atoms with E-state index in [2.05, 4.69) is 21.4 Å². The maximum Gasteiger partial charge on any atom is 0.269 e. The van der Waals surface area contributed by atoms with Gasteiger partial charge in [-0.15, -0.1) is 0 Å². The third kappa shape index (κ3) is 2.86. The lowest BCUT2D eigenvalue weighted by molar-refractivity contribution is 0.0949. The molecule has 2 aromatic heterocycles. The molecule has 0 unspecified atom stereocenters. The average molecular weight is 280 g/mol. The molecule has 0 saturated carbocycles. The topological polar surface area (TPSA) is 83.8 Å². The van der Waals surface area contributed by atoms with Crippen LogP contribution in [0.4, 0.5) is 5.69 Å². The third-order valence-corrected chi connectivity index (χ3v) is 3.37. The van der Waals surface area contributed by atoms with Crippen molar-refractivity contribution in [2.24, 2.45) is 0 Å². The summed E-state index contributed by atoms with van der Waals surface area (Å²) >= 11 is 0. The number of nitrogens with zero attached hydrogens (tertiary/aromatic N) is 1. The number of amides is 1. The summed E-state index contributed by atoms with van der Waals surface area (Å²) in [6.07, 6.45) is 4.23. The molecule has 1 aromatic carbocycles. The van der Waals surface area contributed by atoms with Gasteiger partial charge in [-0.25, -0.2) is 4.98 Å². The number of H-pyrrole nitrogens is 1. The van der Waals surface area contributed by atoms with E-state index in [1.807, 2.05) is 24.4 Å². The summed E-state index contributed by atoms with van der Waals surface area (Å²) in [5.41, 5.74) is 8.77. The quantitative estimate of drug-likeness (QED) is 0.684. The van der Waals surface area contributed by atoms with Crippen LogP contribution in [0.25, 0.3) is 10.9 Å². The lowest BCUT2D eigenvalue weighted by Gasteiger charge is -2.04. The van der Waals surface area contributed by atoms with E-state index < -0.39 is 0 Å². The number of carbonyl (C=O) groups is 1. The number of pyridine rings is 1. The van der Waals surface area contributed by atoms with Gasteiger partial charge in [0.05, 0.1) is 11.9 Å². The number of hydrogen-bond acceptors (Lipinski definition) is 3. The minimum Gasteiger partial charge on any atom is -0.397 e. The molecule has 0 spiro atoms. The first kappa shape index (κ1) is 13.2. The van der Waals surface area contributed by atoms with Crippen LogP contribution in [0.2, 0.25) is 0 Å². The number of rotatable bonds is 4. The number of benzene rings is 1. The second-order valence-corrected chi connectivity index (χ2v) is 4.84. The molecule has 21 heavy (non-hydrogen) atoms. The highest BCUT2D eigenvalue weighted by Gasteiger charge is 2.07. The zero-order chi connectivity index (χ0) is 14.7. The minimum atomic E-state index is -0.185. The van der Waals surface area contributed by atoms with Gasteiger partial charge in [-0.05, 0) is 30.2 Å². The normalized spacial score (nSPS) is 10.7. The zero-order valence-corrected chi connectivity index (χ0v) is 11.5. The van der Waals surface area contributed by atoms with Gasteiger partial charge in [-0.2, -0.15) is 0 Å². The average Bonchev–Trinajstić information content (AvgIpc) is 2.91. The number of nitrogens with two attached hydrogens (primary N) is 1. The van der Waals surface area contributed by atoms with E-state index in [0.29, 0.717) is 17.9 Å². The van der Waals surface area contributed by atoms with Crippen molar-refractivity contribution in [3.63, 3.8) is 0 Å². The fourth-order valence-corrected chi connectivity index (χ4v) is 2.28. The number of anilines is 1.